The molecule has 1 aromatic carbocycles. The maximum absolute atomic E-state index is 11.2. The molecular formula is C18H27N3O3. The highest BCUT2D eigenvalue weighted by Crippen LogP contribution is 2.40. The lowest BCUT2D eigenvalue weighted by molar-refractivity contribution is -0.386. The minimum atomic E-state index is -0.372. The number of benzene rings is 1. The molecule has 2 heterocycles. The zero-order valence-corrected chi connectivity index (χ0v) is 14.8. The minimum Gasteiger partial charge on any atom is -0.484 e. The summed E-state index contributed by atoms with van der Waals surface area (Å²) in [6.45, 7) is 10.3. The summed E-state index contributed by atoms with van der Waals surface area (Å²) in [5.41, 5.74) is 1.35. The predicted octanol–water partition coefficient (Wildman–Crippen LogP) is 3.45. The van der Waals surface area contributed by atoms with Gasteiger partial charge >= 0.3 is 5.69 Å². The van der Waals surface area contributed by atoms with Crippen molar-refractivity contribution in [2.45, 2.75) is 51.7 Å². The Morgan fingerprint density at radius 3 is 2.79 bits per heavy atom. The first-order chi connectivity index (χ1) is 11.4. The Bertz CT molecular complexity index is 620. The molecule has 0 aromatic heterocycles. The van der Waals surface area contributed by atoms with Crippen LogP contribution >= 0.6 is 0 Å². The molecule has 2 aliphatic heterocycles. The quantitative estimate of drug-likeness (QED) is 0.610. The number of nitro groups is 1. The molecule has 1 aromatic rings. The van der Waals surface area contributed by atoms with Crippen molar-refractivity contribution in [3.8, 4) is 5.75 Å². The van der Waals surface area contributed by atoms with Gasteiger partial charge in [0.25, 0.3) is 0 Å². The summed E-state index contributed by atoms with van der Waals surface area (Å²) < 4.78 is 5.69. The van der Waals surface area contributed by atoms with E-state index in [9.17, 15) is 10.1 Å². The molecule has 132 valence electrons. The molecule has 0 bridgehead atoms. The van der Waals surface area contributed by atoms with Crippen molar-refractivity contribution in [2.24, 2.45) is 0 Å². The summed E-state index contributed by atoms with van der Waals surface area (Å²) >= 11 is 0. The van der Waals surface area contributed by atoms with E-state index in [0.29, 0.717) is 5.75 Å². The van der Waals surface area contributed by atoms with Crippen LogP contribution in [0.1, 0.15) is 40.0 Å². The van der Waals surface area contributed by atoms with E-state index in [4.69, 9.17) is 4.74 Å². The van der Waals surface area contributed by atoms with Crippen LogP contribution in [-0.2, 0) is 0 Å². The molecule has 1 spiro atoms. The highest BCUT2D eigenvalue weighted by molar-refractivity contribution is 5.60. The number of ether oxygens (including phenoxy) is 1. The Morgan fingerprint density at radius 1 is 1.33 bits per heavy atom. The number of rotatable bonds is 5. The number of anilines is 1. The van der Waals surface area contributed by atoms with Crippen LogP contribution in [0, 0.1) is 10.1 Å². The monoisotopic (exact) mass is 333 g/mol. The standard InChI is InChI=1S/C18H27N3O3/c1-4-20-10-5-8-18(20)9-11-19(13-18)15-6-7-16(21(22)23)17(12-15)24-14(2)3/h6-7,12,14H,4-5,8-11,13H2,1-3H3/t18-/m1/s1. The van der Waals surface area contributed by atoms with Crippen molar-refractivity contribution in [2.75, 3.05) is 31.1 Å². The largest absolute Gasteiger partial charge is 0.484 e. The first kappa shape index (κ1) is 17.0. The van der Waals surface area contributed by atoms with Crippen molar-refractivity contribution >= 4 is 11.4 Å². The number of nitrogens with zero attached hydrogens (tertiary/aromatic N) is 3. The Morgan fingerprint density at radius 2 is 2.12 bits per heavy atom. The third-order valence-electron chi connectivity index (χ3n) is 5.32. The number of likely N-dealkylation sites (N-methyl/N-ethyl adjacent to an activating group) is 1. The van der Waals surface area contributed by atoms with Crippen LogP contribution in [0.2, 0.25) is 0 Å². The molecule has 3 rings (SSSR count). The molecule has 2 aliphatic rings. The Balaban J connectivity index is 1.84. The lowest BCUT2D eigenvalue weighted by atomic mass is 9.95. The topological polar surface area (TPSA) is 58.9 Å². The number of hydrogen-bond acceptors (Lipinski definition) is 5. The van der Waals surface area contributed by atoms with Gasteiger partial charge in [-0.15, -0.1) is 0 Å². The average Bonchev–Trinajstić information content (AvgIpc) is 3.13. The van der Waals surface area contributed by atoms with Gasteiger partial charge in [0.05, 0.1) is 11.0 Å². The van der Waals surface area contributed by atoms with Crippen LogP contribution in [0.15, 0.2) is 18.2 Å². The van der Waals surface area contributed by atoms with Crippen LogP contribution in [0.25, 0.3) is 0 Å². The van der Waals surface area contributed by atoms with Gasteiger partial charge < -0.3 is 9.64 Å². The SMILES string of the molecule is CCN1CCC[C@]12CCN(c1ccc([N+](=O)[O-])c(OC(C)C)c1)C2. The van der Waals surface area contributed by atoms with Crippen molar-refractivity contribution in [1.29, 1.82) is 0 Å². The van der Waals surface area contributed by atoms with Crippen molar-refractivity contribution in [1.82, 2.24) is 4.90 Å². The Hall–Kier alpha value is -1.82. The van der Waals surface area contributed by atoms with Gasteiger partial charge in [0, 0.05) is 36.4 Å². The highest BCUT2D eigenvalue weighted by atomic mass is 16.6. The minimum absolute atomic E-state index is 0.0393. The van der Waals surface area contributed by atoms with Crippen molar-refractivity contribution in [3.63, 3.8) is 0 Å². The molecule has 24 heavy (non-hydrogen) atoms. The summed E-state index contributed by atoms with van der Waals surface area (Å²) in [5.74, 6) is 0.368. The van der Waals surface area contributed by atoms with Gasteiger partial charge in [-0.1, -0.05) is 6.92 Å². The molecule has 0 amide bonds. The molecule has 6 heteroatoms. The van der Waals surface area contributed by atoms with Gasteiger partial charge in [-0.25, -0.2) is 0 Å². The highest BCUT2D eigenvalue weighted by Gasteiger charge is 2.45. The van der Waals surface area contributed by atoms with Gasteiger partial charge in [0.2, 0.25) is 0 Å². The Labute approximate surface area is 143 Å². The zero-order valence-electron chi connectivity index (χ0n) is 14.8. The molecular weight excluding hydrogens is 306 g/mol. The Kier molecular flexibility index (Phi) is 4.67. The van der Waals surface area contributed by atoms with E-state index in [-0.39, 0.29) is 22.3 Å². The second kappa shape index (κ2) is 6.59. The smallest absolute Gasteiger partial charge is 0.311 e. The van der Waals surface area contributed by atoms with Gasteiger partial charge in [0.15, 0.2) is 5.75 Å². The molecule has 0 saturated carbocycles. The molecule has 1 atom stereocenters. The van der Waals surface area contributed by atoms with Crippen LogP contribution in [0.4, 0.5) is 11.4 Å². The lowest BCUT2D eigenvalue weighted by Crippen LogP contribution is -2.45. The van der Waals surface area contributed by atoms with Crippen molar-refractivity contribution < 1.29 is 9.66 Å². The molecule has 0 radical (unpaired) electrons. The summed E-state index contributed by atoms with van der Waals surface area (Å²) in [6, 6.07) is 5.27. The number of hydrogen-bond donors (Lipinski definition) is 0. The maximum Gasteiger partial charge on any atom is 0.311 e. The van der Waals surface area contributed by atoms with Crippen LogP contribution in [0.5, 0.6) is 5.75 Å². The first-order valence-electron chi connectivity index (χ1n) is 8.90. The molecule has 2 saturated heterocycles. The van der Waals surface area contributed by atoms with E-state index in [1.54, 1.807) is 6.07 Å². The van der Waals surface area contributed by atoms with E-state index >= 15 is 0 Å². The van der Waals surface area contributed by atoms with Crippen LogP contribution in [-0.4, -0.2) is 47.6 Å². The fraction of sp³-hybridized carbons (Fsp3) is 0.667. The average molecular weight is 333 g/mol. The molecule has 0 N–H and O–H groups in total. The summed E-state index contributed by atoms with van der Waals surface area (Å²) in [6.07, 6.45) is 3.59. The molecule has 0 aliphatic carbocycles. The van der Waals surface area contributed by atoms with Gasteiger partial charge in [0.1, 0.15) is 0 Å². The zero-order chi connectivity index (χ0) is 17.3. The van der Waals surface area contributed by atoms with Crippen LogP contribution < -0.4 is 9.64 Å². The fourth-order valence-corrected chi connectivity index (χ4v) is 4.23. The number of likely N-dealkylation sites (tertiary alicyclic amines) is 1. The molecule has 0 unspecified atom stereocenters. The lowest BCUT2D eigenvalue weighted by Gasteiger charge is -2.34. The summed E-state index contributed by atoms with van der Waals surface area (Å²) in [5, 5.41) is 11.2. The second-order valence-corrected chi connectivity index (χ2v) is 7.15. The first-order valence-corrected chi connectivity index (χ1v) is 8.90. The van der Waals surface area contributed by atoms with Crippen molar-refractivity contribution in [3.05, 3.63) is 28.3 Å². The van der Waals surface area contributed by atoms with E-state index in [1.165, 1.54) is 19.4 Å². The summed E-state index contributed by atoms with van der Waals surface area (Å²) in [7, 11) is 0. The third-order valence-corrected chi connectivity index (χ3v) is 5.32. The van der Waals surface area contributed by atoms with E-state index in [1.807, 2.05) is 26.0 Å². The normalized spacial score (nSPS) is 24.2. The predicted molar refractivity (Wildman–Crippen MR) is 94.9 cm³/mol. The fourth-order valence-electron chi connectivity index (χ4n) is 4.23. The molecule has 6 nitrogen and oxygen atoms in total. The van der Waals surface area contributed by atoms with E-state index in [0.717, 1.165) is 31.7 Å². The van der Waals surface area contributed by atoms with Crippen LogP contribution in [0.3, 0.4) is 0 Å². The third kappa shape index (κ3) is 3.07. The van der Waals surface area contributed by atoms with Gasteiger partial charge in [-0.3, -0.25) is 15.0 Å². The summed E-state index contributed by atoms with van der Waals surface area (Å²) in [4.78, 5) is 15.8. The van der Waals surface area contributed by atoms with E-state index < -0.39 is 0 Å². The van der Waals surface area contributed by atoms with E-state index in [2.05, 4.69) is 16.7 Å². The second-order valence-electron chi connectivity index (χ2n) is 7.15. The maximum atomic E-state index is 11.2. The van der Waals surface area contributed by atoms with Gasteiger partial charge in [-0.05, 0) is 52.3 Å². The molecule has 2 fully saturated rings. The van der Waals surface area contributed by atoms with Gasteiger partial charge in [-0.2, -0.15) is 0 Å². The number of nitro benzene ring substituents is 1.